The number of ether oxygens (including phenoxy) is 1. The van der Waals surface area contributed by atoms with Crippen molar-refractivity contribution in [2.75, 3.05) is 6.61 Å². The van der Waals surface area contributed by atoms with Crippen LogP contribution in [0.25, 0.3) is 0 Å². The Bertz CT molecular complexity index is 315. The average molecular weight is 188 g/mol. The first kappa shape index (κ1) is 11.0. The van der Waals surface area contributed by atoms with Crippen LogP contribution in [-0.4, -0.2) is 6.61 Å². The van der Waals surface area contributed by atoms with Gasteiger partial charge in [0.1, 0.15) is 0 Å². The Morgan fingerprint density at radius 3 is 2.93 bits per heavy atom. The molecule has 1 nitrogen and oxygen atoms in total. The summed E-state index contributed by atoms with van der Waals surface area (Å²) >= 11 is 0. The van der Waals surface area contributed by atoms with E-state index in [1.165, 1.54) is 0 Å². The highest BCUT2D eigenvalue weighted by Crippen LogP contribution is 2.16. The Morgan fingerprint density at radius 1 is 1.64 bits per heavy atom. The van der Waals surface area contributed by atoms with Crippen LogP contribution in [0.1, 0.15) is 31.1 Å². The Kier molecular flexibility index (Phi) is 3.90. The molecule has 0 spiro atoms. The number of benzene rings is 1. The van der Waals surface area contributed by atoms with Gasteiger partial charge in [0, 0.05) is 0 Å². The van der Waals surface area contributed by atoms with E-state index >= 15 is 0 Å². The highest BCUT2D eigenvalue weighted by Gasteiger charge is 2.05. The molecule has 0 amide bonds. The van der Waals surface area contributed by atoms with E-state index in [1.807, 2.05) is 32.9 Å². The smallest absolute Gasteiger partial charge is 0.0813 e. The van der Waals surface area contributed by atoms with Crippen molar-refractivity contribution in [3.63, 3.8) is 0 Å². The monoisotopic (exact) mass is 188 g/mol. The number of hydrogen-bond acceptors (Lipinski definition) is 1. The van der Waals surface area contributed by atoms with Crippen molar-refractivity contribution in [3.05, 3.63) is 47.5 Å². The molecule has 0 N–H and O–H groups in total. The molecule has 1 unspecified atom stereocenters. The molecular weight excluding hydrogens is 172 g/mol. The molecule has 1 aromatic carbocycles. The van der Waals surface area contributed by atoms with E-state index in [0.717, 1.165) is 16.7 Å². The zero-order valence-corrected chi connectivity index (χ0v) is 9.05. The van der Waals surface area contributed by atoms with Crippen molar-refractivity contribution in [1.82, 2.24) is 0 Å². The van der Waals surface area contributed by atoms with E-state index in [9.17, 15) is 0 Å². The summed E-state index contributed by atoms with van der Waals surface area (Å²) in [6.07, 6.45) is 0.0339. The summed E-state index contributed by atoms with van der Waals surface area (Å²) in [4.78, 5) is 0. The van der Waals surface area contributed by atoms with E-state index in [-0.39, 0.29) is 6.10 Å². The van der Waals surface area contributed by atoms with Crippen molar-refractivity contribution in [2.24, 2.45) is 0 Å². The van der Waals surface area contributed by atoms with Crippen molar-refractivity contribution in [1.29, 1.82) is 0 Å². The van der Waals surface area contributed by atoms with Crippen molar-refractivity contribution < 1.29 is 4.74 Å². The van der Waals surface area contributed by atoms with E-state index in [4.69, 9.17) is 4.74 Å². The van der Waals surface area contributed by atoms with Crippen molar-refractivity contribution in [3.8, 4) is 0 Å². The third kappa shape index (κ3) is 3.35. The second-order valence-electron chi connectivity index (χ2n) is 3.61. The summed E-state index contributed by atoms with van der Waals surface area (Å²) in [5.41, 5.74) is 3.13. The minimum Gasteiger partial charge on any atom is -0.369 e. The second-order valence-corrected chi connectivity index (χ2v) is 3.61. The Hall–Kier alpha value is -1.08. The zero-order valence-electron chi connectivity index (χ0n) is 9.05. The fourth-order valence-corrected chi connectivity index (χ4v) is 1.12. The highest BCUT2D eigenvalue weighted by atomic mass is 16.5. The van der Waals surface area contributed by atoms with Gasteiger partial charge in [-0.25, -0.2) is 0 Å². The van der Waals surface area contributed by atoms with Crippen LogP contribution >= 0.6 is 0 Å². The first-order valence-electron chi connectivity index (χ1n) is 4.76. The molecule has 14 heavy (non-hydrogen) atoms. The van der Waals surface area contributed by atoms with E-state index in [0.29, 0.717) is 6.61 Å². The summed E-state index contributed by atoms with van der Waals surface area (Å²) in [5.74, 6) is 0. The molecule has 0 fully saturated rings. The van der Waals surface area contributed by atoms with Gasteiger partial charge in [0.25, 0.3) is 0 Å². The van der Waals surface area contributed by atoms with Crippen LogP contribution < -0.4 is 0 Å². The minimum absolute atomic E-state index is 0.0339. The summed E-state index contributed by atoms with van der Waals surface area (Å²) in [6.45, 7) is 10.4. The maximum atomic E-state index is 5.58. The van der Waals surface area contributed by atoms with E-state index < -0.39 is 0 Å². The van der Waals surface area contributed by atoms with Gasteiger partial charge in [0.2, 0.25) is 0 Å². The second kappa shape index (κ2) is 4.97. The highest BCUT2D eigenvalue weighted by molar-refractivity contribution is 5.20. The SMILES string of the molecule is C=C(C)COC(C)c1[c]ccc(C)[c]1. The van der Waals surface area contributed by atoms with Gasteiger partial charge in [-0.05, 0) is 44.0 Å². The molecule has 0 aromatic heterocycles. The molecule has 0 aliphatic heterocycles. The van der Waals surface area contributed by atoms with Crippen LogP contribution in [0.15, 0.2) is 24.3 Å². The standard InChI is InChI=1S/C13H16O/c1-10(2)9-14-12(4)13-7-5-6-11(3)8-13/h5-6,12H,1,9H2,2-4H3. The van der Waals surface area contributed by atoms with Gasteiger partial charge >= 0.3 is 0 Å². The predicted molar refractivity (Wildman–Crippen MR) is 58.0 cm³/mol. The molecule has 0 aliphatic carbocycles. The lowest BCUT2D eigenvalue weighted by Crippen LogP contribution is -2.02. The lowest BCUT2D eigenvalue weighted by molar-refractivity contribution is 0.0834. The lowest BCUT2D eigenvalue weighted by atomic mass is 10.1. The van der Waals surface area contributed by atoms with Gasteiger partial charge < -0.3 is 4.74 Å². The molecule has 0 saturated carbocycles. The van der Waals surface area contributed by atoms with Crippen LogP contribution in [0.5, 0.6) is 0 Å². The molecule has 0 heterocycles. The summed E-state index contributed by atoms with van der Waals surface area (Å²) in [6, 6.07) is 10.2. The molecule has 1 heteroatoms. The fraction of sp³-hybridized carbons (Fsp3) is 0.385. The summed E-state index contributed by atoms with van der Waals surface area (Å²) in [7, 11) is 0. The number of hydrogen-bond donors (Lipinski definition) is 0. The van der Waals surface area contributed by atoms with Gasteiger partial charge in [-0.3, -0.25) is 0 Å². The van der Waals surface area contributed by atoms with Crippen molar-refractivity contribution in [2.45, 2.75) is 26.9 Å². The van der Waals surface area contributed by atoms with Crippen molar-refractivity contribution >= 4 is 0 Å². The van der Waals surface area contributed by atoms with Gasteiger partial charge in [-0.2, -0.15) is 0 Å². The normalized spacial score (nSPS) is 12.5. The first-order valence-corrected chi connectivity index (χ1v) is 4.76. The fourth-order valence-electron chi connectivity index (χ4n) is 1.12. The molecule has 74 valence electrons. The molecule has 1 rings (SSSR count). The van der Waals surface area contributed by atoms with Crippen LogP contribution in [0, 0.1) is 19.1 Å². The van der Waals surface area contributed by atoms with Gasteiger partial charge in [0.15, 0.2) is 0 Å². The van der Waals surface area contributed by atoms with Crippen LogP contribution in [0.3, 0.4) is 0 Å². The molecule has 0 saturated heterocycles. The third-order valence-electron chi connectivity index (χ3n) is 1.89. The zero-order chi connectivity index (χ0) is 10.6. The Morgan fingerprint density at radius 2 is 2.36 bits per heavy atom. The largest absolute Gasteiger partial charge is 0.369 e. The van der Waals surface area contributed by atoms with Gasteiger partial charge in [-0.15, -0.1) is 0 Å². The summed E-state index contributed by atoms with van der Waals surface area (Å²) < 4.78 is 5.58. The maximum Gasteiger partial charge on any atom is 0.0813 e. The Labute approximate surface area is 86.4 Å². The third-order valence-corrected chi connectivity index (χ3v) is 1.89. The number of rotatable bonds is 4. The van der Waals surface area contributed by atoms with E-state index in [2.05, 4.69) is 18.7 Å². The average Bonchev–Trinajstić information content (AvgIpc) is 2.14. The van der Waals surface area contributed by atoms with Gasteiger partial charge in [-0.1, -0.05) is 24.3 Å². The molecule has 0 bridgehead atoms. The molecule has 1 atom stereocenters. The van der Waals surface area contributed by atoms with E-state index in [1.54, 1.807) is 0 Å². The maximum absolute atomic E-state index is 5.58. The summed E-state index contributed by atoms with van der Waals surface area (Å²) in [5, 5.41) is 0. The molecule has 0 aliphatic rings. The van der Waals surface area contributed by atoms with Crippen LogP contribution in [-0.2, 0) is 4.74 Å². The van der Waals surface area contributed by atoms with Crippen LogP contribution in [0.2, 0.25) is 0 Å². The van der Waals surface area contributed by atoms with Crippen LogP contribution in [0.4, 0.5) is 0 Å². The lowest BCUT2D eigenvalue weighted by Gasteiger charge is -2.13. The topological polar surface area (TPSA) is 9.23 Å². The predicted octanol–water partition coefficient (Wildman–Crippen LogP) is 3.25. The van der Waals surface area contributed by atoms with Gasteiger partial charge in [0.05, 0.1) is 12.7 Å². The molecule has 1 aromatic rings. The molecular formula is C13H16O. The molecule has 2 radical (unpaired) electrons. The Balaban J connectivity index is 2.60. The first-order chi connectivity index (χ1) is 6.59. The quantitative estimate of drug-likeness (QED) is 0.659. The minimum atomic E-state index is 0.0339. The number of aryl methyl sites for hydroxylation is 1.